The van der Waals surface area contributed by atoms with Crippen molar-refractivity contribution in [1.82, 2.24) is 10.4 Å². The summed E-state index contributed by atoms with van der Waals surface area (Å²) in [5.74, 6) is 6.53. The Balaban J connectivity index is 1.84. The van der Waals surface area contributed by atoms with Crippen LogP contribution in [0.1, 0.15) is 30.1 Å². The monoisotopic (exact) mass is 323 g/mol. The van der Waals surface area contributed by atoms with Crippen molar-refractivity contribution in [2.75, 3.05) is 0 Å². The van der Waals surface area contributed by atoms with Crippen LogP contribution in [-0.4, -0.2) is 11.1 Å². The number of benzene rings is 1. The van der Waals surface area contributed by atoms with Gasteiger partial charge in [0, 0.05) is 6.20 Å². The molecule has 6 heteroatoms. The Morgan fingerprint density at radius 3 is 2.52 bits per heavy atom. The molecule has 3 N–H and O–H groups in total. The van der Waals surface area contributed by atoms with Gasteiger partial charge in [-0.2, -0.15) is 0 Å². The predicted molar refractivity (Wildman–Crippen MR) is 83.5 cm³/mol. The number of aromatic nitrogens is 1. The van der Waals surface area contributed by atoms with Crippen molar-refractivity contribution in [3.8, 4) is 5.75 Å². The maximum atomic E-state index is 6.19. The van der Waals surface area contributed by atoms with Crippen LogP contribution in [0.3, 0.4) is 0 Å². The lowest BCUT2D eigenvalue weighted by molar-refractivity contribution is 0.303. The molecule has 0 aliphatic heterocycles. The first-order chi connectivity index (χ1) is 10.2. The van der Waals surface area contributed by atoms with E-state index in [0.29, 0.717) is 21.8 Å². The van der Waals surface area contributed by atoms with Gasteiger partial charge in [-0.3, -0.25) is 10.8 Å². The zero-order valence-electron chi connectivity index (χ0n) is 11.2. The first-order valence-corrected chi connectivity index (χ1v) is 7.46. The largest absolute Gasteiger partial charge is 0.490 e. The smallest absolute Gasteiger partial charge is 0.119 e. The van der Waals surface area contributed by atoms with E-state index < -0.39 is 0 Å². The second-order valence-electron chi connectivity index (χ2n) is 5.01. The van der Waals surface area contributed by atoms with Crippen LogP contribution in [0, 0.1) is 0 Å². The molecule has 0 bridgehead atoms. The topological polar surface area (TPSA) is 60.2 Å². The Morgan fingerprint density at radius 1 is 1.24 bits per heavy atom. The van der Waals surface area contributed by atoms with Gasteiger partial charge in [0.1, 0.15) is 5.75 Å². The fraction of sp³-hybridized carbons (Fsp3) is 0.267. The van der Waals surface area contributed by atoms with E-state index in [1.165, 1.54) is 0 Å². The molecule has 1 aliphatic carbocycles. The molecule has 110 valence electrons. The van der Waals surface area contributed by atoms with Crippen molar-refractivity contribution in [3.05, 3.63) is 57.8 Å². The van der Waals surface area contributed by atoms with Gasteiger partial charge in [-0.15, -0.1) is 0 Å². The van der Waals surface area contributed by atoms with Gasteiger partial charge in [0.05, 0.1) is 27.9 Å². The Hall–Kier alpha value is -1.33. The quantitative estimate of drug-likeness (QED) is 0.653. The molecule has 1 unspecified atom stereocenters. The first-order valence-electron chi connectivity index (χ1n) is 6.71. The van der Waals surface area contributed by atoms with E-state index in [2.05, 4.69) is 10.4 Å². The summed E-state index contributed by atoms with van der Waals surface area (Å²) in [6, 6.07) is 9.12. The van der Waals surface area contributed by atoms with Gasteiger partial charge in [-0.25, -0.2) is 5.43 Å². The third-order valence-electron chi connectivity index (χ3n) is 3.32. The van der Waals surface area contributed by atoms with E-state index in [1.54, 1.807) is 12.3 Å². The van der Waals surface area contributed by atoms with Crippen LogP contribution < -0.4 is 16.0 Å². The highest BCUT2D eigenvalue weighted by atomic mass is 35.5. The molecular weight excluding hydrogens is 309 g/mol. The summed E-state index contributed by atoms with van der Waals surface area (Å²) in [7, 11) is 0. The average molecular weight is 324 g/mol. The van der Waals surface area contributed by atoms with Crippen LogP contribution >= 0.6 is 23.2 Å². The SMILES string of the molecule is NNC(c1ccc(OC2CC2)cc1)c1ncc(Cl)cc1Cl. The molecule has 0 saturated heterocycles. The van der Waals surface area contributed by atoms with Gasteiger partial charge >= 0.3 is 0 Å². The minimum atomic E-state index is -0.301. The van der Waals surface area contributed by atoms with Crippen molar-refractivity contribution in [2.24, 2.45) is 5.84 Å². The van der Waals surface area contributed by atoms with Crippen LogP contribution in [0.15, 0.2) is 36.5 Å². The molecule has 1 aliphatic rings. The Labute approximate surface area is 133 Å². The molecule has 0 spiro atoms. The predicted octanol–water partition coefficient (Wildman–Crippen LogP) is 3.48. The van der Waals surface area contributed by atoms with Crippen molar-refractivity contribution in [3.63, 3.8) is 0 Å². The van der Waals surface area contributed by atoms with Crippen LogP contribution in [0.2, 0.25) is 10.0 Å². The molecule has 1 fully saturated rings. The maximum absolute atomic E-state index is 6.19. The number of nitrogens with two attached hydrogens (primary N) is 1. The molecule has 4 nitrogen and oxygen atoms in total. The molecule has 1 aromatic heterocycles. The Morgan fingerprint density at radius 2 is 1.95 bits per heavy atom. The minimum Gasteiger partial charge on any atom is -0.490 e. The summed E-state index contributed by atoms with van der Waals surface area (Å²) in [5.41, 5.74) is 4.33. The normalized spacial score (nSPS) is 15.8. The number of hydrogen-bond donors (Lipinski definition) is 2. The first kappa shape index (κ1) is 14.6. The maximum Gasteiger partial charge on any atom is 0.119 e. The lowest BCUT2D eigenvalue weighted by Gasteiger charge is -2.17. The van der Waals surface area contributed by atoms with Crippen molar-refractivity contribution >= 4 is 23.2 Å². The van der Waals surface area contributed by atoms with E-state index in [4.69, 9.17) is 33.8 Å². The van der Waals surface area contributed by atoms with E-state index >= 15 is 0 Å². The van der Waals surface area contributed by atoms with Gasteiger partial charge in [0.25, 0.3) is 0 Å². The molecule has 1 atom stereocenters. The summed E-state index contributed by atoms with van der Waals surface area (Å²) in [5, 5.41) is 0.969. The summed E-state index contributed by atoms with van der Waals surface area (Å²) < 4.78 is 5.73. The number of nitrogens with one attached hydrogen (secondary N) is 1. The molecular formula is C15H15Cl2N3O. The third-order valence-corrected chi connectivity index (χ3v) is 3.83. The average Bonchev–Trinajstić information content (AvgIpc) is 3.27. The van der Waals surface area contributed by atoms with Crippen molar-refractivity contribution in [1.29, 1.82) is 0 Å². The summed E-state index contributed by atoms with van der Waals surface area (Å²) in [4.78, 5) is 4.27. The number of nitrogens with zero attached hydrogens (tertiary/aromatic N) is 1. The highest BCUT2D eigenvalue weighted by Crippen LogP contribution is 2.30. The Bertz CT molecular complexity index is 629. The zero-order chi connectivity index (χ0) is 14.8. The lowest BCUT2D eigenvalue weighted by Crippen LogP contribution is -2.29. The molecule has 21 heavy (non-hydrogen) atoms. The number of rotatable bonds is 5. The highest BCUT2D eigenvalue weighted by Gasteiger charge is 2.23. The Kier molecular flexibility index (Phi) is 4.31. The van der Waals surface area contributed by atoms with E-state index in [-0.39, 0.29) is 6.04 Å². The van der Waals surface area contributed by atoms with Gasteiger partial charge in [-0.1, -0.05) is 35.3 Å². The van der Waals surface area contributed by atoms with Crippen LogP contribution in [0.4, 0.5) is 0 Å². The lowest BCUT2D eigenvalue weighted by atomic mass is 10.0. The highest BCUT2D eigenvalue weighted by molar-refractivity contribution is 6.34. The number of hydrazine groups is 1. The van der Waals surface area contributed by atoms with Gasteiger partial charge in [0.2, 0.25) is 0 Å². The molecule has 1 heterocycles. The molecule has 1 aromatic carbocycles. The van der Waals surface area contributed by atoms with E-state index in [1.807, 2.05) is 24.3 Å². The van der Waals surface area contributed by atoms with E-state index in [9.17, 15) is 0 Å². The molecule has 0 amide bonds. The van der Waals surface area contributed by atoms with Gasteiger partial charge in [-0.05, 0) is 36.6 Å². The van der Waals surface area contributed by atoms with Crippen LogP contribution in [0.5, 0.6) is 5.75 Å². The standard InChI is InChI=1S/C15H15Cl2N3O/c16-10-7-13(17)15(19-8-10)14(20-18)9-1-3-11(4-2-9)21-12-5-6-12/h1-4,7-8,12,14,20H,5-6,18H2. The molecule has 2 aromatic rings. The van der Waals surface area contributed by atoms with Gasteiger partial charge < -0.3 is 4.74 Å². The number of halogens is 2. The van der Waals surface area contributed by atoms with Crippen LogP contribution in [-0.2, 0) is 0 Å². The van der Waals surface area contributed by atoms with Crippen LogP contribution in [0.25, 0.3) is 0 Å². The number of pyridine rings is 1. The fourth-order valence-corrected chi connectivity index (χ4v) is 2.58. The van der Waals surface area contributed by atoms with Crippen molar-refractivity contribution < 1.29 is 4.74 Å². The summed E-state index contributed by atoms with van der Waals surface area (Å²) in [6.07, 6.45) is 4.21. The number of ether oxygens (including phenoxy) is 1. The molecule has 0 radical (unpaired) electrons. The van der Waals surface area contributed by atoms with E-state index in [0.717, 1.165) is 24.2 Å². The number of hydrogen-bond acceptors (Lipinski definition) is 4. The third kappa shape index (κ3) is 3.47. The summed E-state index contributed by atoms with van der Waals surface area (Å²) >= 11 is 12.1. The summed E-state index contributed by atoms with van der Waals surface area (Å²) in [6.45, 7) is 0. The minimum absolute atomic E-state index is 0.301. The van der Waals surface area contributed by atoms with Crippen molar-refractivity contribution in [2.45, 2.75) is 25.0 Å². The second kappa shape index (κ2) is 6.20. The van der Waals surface area contributed by atoms with Gasteiger partial charge in [0.15, 0.2) is 0 Å². The second-order valence-corrected chi connectivity index (χ2v) is 5.85. The zero-order valence-corrected chi connectivity index (χ0v) is 12.7. The fourth-order valence-electron chi connectivity index (χ4n) is 2.09. The molecule has 3 rings (SSSR count). The molecule has 1 saturated carbocycles.